The van der Waals surface area contributed by atoms with Crippen LogP contribution < -0.4 is 4.90 Å². The number of anilines is 3. The van der Waals surface area contributed by atoms with E-state index in [4.69, 9.17) is 0 Å². The normalized spacial score (nSPS) is 11.6. The summed E-state index contributed by atoms with van der Waals surface area (Å²) >= 11 is 1.75. The van der Waals surface area contributed by atoms with Crippen molar-refractivity contribution in [3.05, 3.63) is 158 Å². The van der Waals surface area contributed by atoms with Gasteiger partial charge in [-0.15, -0.1) is 11.3 Å². The van der Waals surface area contributed by atoms with Crippen molar-refractivity contribution < 1.29 is 0 Å². The number of nitrogens with zero attached hydrogens (tertiary/aromatic N) is 2. The molecule has 7 aromatic carbocycles. The number of benzene rings is 7. The van der Waals surface area contributed by atoms with Crippen molar-refractivity contribution in [2.75, 3.05) is 4.90 Å². The van der Waals surface area contributed by atoms with Gasteiger partial charge in [-0.05, 0) is 98.0 Å². The molecule has 206 valence electrons. The molecule has 0 spiro atoms. The van der Waals surface area contributed by atoms with Gasteiger partial charge in [0.15, 0.2) is 0 Å². The second kappa shape index (κ2) is 10.0. The fourth-order valence-electron chi connectivity index (χ4n) is 6.57. The summed E-state index contributed by atoms with van der Waals surface area (Å²) in [7, 11) is 0. The topological polar surface area (TPSA) is 16.1 Å². The minimum atomic E-state index is 1.08. The number of pyridine rings is 1. The highest BCUT2D eigenvalue weighted by atomic mass is 32.1. The lowest BCUT2D eigenvalue weighted by atomic mass is 9.94. The number of fused-ring (bicyclic) bond motifs is 8. The molecular weight excluding hydrogens is 553 g/mol. The highest BCUT2D eigenvalue weighted by molar-refractivity contribution is 7.25. The molecule has 9 rings (SSSR count). The standard InChI is InChI=1S/C41H26N2S/c1-2-8-32(9-3-1)43(34-22-23-36-37-11-6-24-42-41(37)44-39(36)26-34)33-20-18-27(19-21-33)31-17-14-29-13-16-30-15-12-28-7-4-5-10-35(28)40(30)38(29)25-31/h1-26H. The third kappa shape index (κ3) is 4.05. The SMILES string of the molecule is c1ccc(N(c2ccc(-c3ccc4ccc5ccc6ccccc6c5c4c3)cc2)c2ccc3c(c2)sc2ncccc23)cc1. The Morgan fingerprint density at radius 3 is 1.95 bits per heavy atom. The lowest BCUT2D eigenvalue weighted by Crippen LogP contribution is -2.09. The highest BCUT2D eigenvalue weighted by Gasteiger charge is 2.15. The predicted molar refractivity (Wildman–Crippen MR) is 190 cm³/mol. The van der Waals surface area contributed by atoms with E-state index >= 15 is 0 Å². The molecule has 0 N–H and O–H groups in total. The van der Waals surface area contributed by atoms with Crippen molar-refractivity contribution in [3.63, 3.8) is 0 Å². The number of para-hydroxylation sites is 1. The maximum absolute atomic E-state index is 4.60. The Morgan fingerprint density at radius 2 is 1.09 bits per heavy atom. The zero-order valence-corrected chi connectivity index (χ0v) is 24.6. The molecule has 2 heterocycles. The molecule has 0 aliphatic carbocycles. The van der Waals surface area contributed by atoms with Crippen LogP contribution in [-0.4, -0.2) is 4.98 Å². The summed E-state index contributed by atoms with van der Waals surface area (Å²) in [5.74, 6) is 0. The molecule has 0 unspecified atom stereocenters. The number of thiophene rings is 1. The summed E-state index contributed by atoms with van der Waals surface area (Å²) < 4.78 is 1.24. The molecule has 0 fully saturated rings. The monoisotopic (exact) mass is 578 g/mol. The van der Waals surface area contributed by atoms with Gasteiger partial charge in [0.1, 0.15) is 4.83 Å². The number of hydrogen-bond acceptors (Lipinski definition) is 3. The summed E-state index contributed by atoms with van der Waals surface area (Å²) in [4.78, 5) is 8.01. The largest absolute Gasteiger partial charge is 0.310 e. The summed E-state index contributed by atoms with van der Waals surface area (Å²) in [6.07, 6.45) is 1.87. The molecule has 44 heavy (non-hydrogen) atoms. The first-order valence-corrected chi connectivity index (χ1v) is 15.7. The van der Waals surface area contributed by atoms with Gasteiger partial charge in [-0.3, -0.25) is 0 Å². The van der Waals surface area contributed by atoms with Crippen molar-refractivity contribution in [2.45, 2.75) is 0 Å². The van der Waals surface area contributed by atoms with Gasteiger partial charge in [0, 0.05) is 38.7 Å². The van der Waals surface area contributed by atoms with Gasteiger partial charge < -0.3 is 4.90 Å². The molecule has 2 aromatic heterocycles. The van der Waals surface area contributed by atoms with E-state index in [1.54, 1.807) is 11.3 Å². The molecule has 0 atom stereocenters. The van der Waals surface area contributed by atoms with Crippen molar-refractivity contribution in [3.8, 4) is 11.1 Å². The van der Waals surface area contributed by atoms with E-state index in [0.717, 1.165) is 21.9 Å². The van der Waals surface area contributed by atoms with E-state index < -0.39 is 0 Å². The van der Waals surface area contributed by atoms with Crippen LogP contribution in [0.3, 0.4) is 0 Å². The van der Waals surface area contributed by atoms with Crippen LogP contribution in [-0.2, 0) is 0 Å². The van der Waals surface area contributed by atoms with Crippen molar-refractivity contribution in [2.24, 2.45) is 0 Å². The third-order valence-corrected chi connectivity index (χ3v) is 9.77. The van der Waals surface area contributed by atoms with Crippen molar-refractivity contribution in [1.82, 2.24) is 4.98 Å². The number of rotatable bonds is 4. The van der Waals surface area contributed by atoms with Crippen LogP contribution in [0.15, 0.2) is 158 Å². The fraction of sp³-hybridized carbons (Fsp3) is 0. The molecule has 0 saturated carbocycles. The molecule has 0 aliphatic heterocycles. The highest BCUT2D eigenvalue weighted by Crippen LogP contribution is 2.41. The Kier molecular flexibility index (Phi) is 5.71. The first kappa shape index (κ1) is 25.0. The van der Waals surface area contributed by atoms with Gasteiger partial charge in [-0.1, -0.05) is 97.1 Å². The molecule has 0 amide bonds. The summed E-state index contributed by atoms with van der Waals surface area (Å²) in [6.45, 7) is 0. The van der Waals surface area contributed by atoms with Gasteiger partial charge in [0.2, 0.25) is 0 Å². The second-order valence-corrected chi connectivity index (χ2v) is 12.3. The first-order valence-electron chi connectivity index (χ1n) is 14.9. The van der Waals surface area contributed by atoms with Gasteiger partial charge >= 0.3 is 0 Å². The zero-order chi connectivity index (χ0) is 29.0. The van der Waals surface area contributed by atoms with Crippen LogP contribution in [0.2, 0.25) is 0 Å². The van der Waals surface area contributed by atoms with E-state index in [1.165, 1.54) is 58.9 Å². The lowest BCUT2D eigenvalue weighted by molar-refractivity contribution is 1.29. The van der Waals surface area contributed by atoms with Gasteiger partial charge in [-0.25, -0.2) is 4.98 Å². The number of aromatic nitrogens is 1. The van der Waals surface area contributed by atoms with Gasteiger partial charge in [0.05, 0.1) is 0 Å². The van der Waals surface area contributed by atoms with E-state index in [1.807, 2.05) is 12.3 Å². The Labute approximate surface area is 259 Å². The van der Waals surface area contributed by atoms with Crippen LogP contribution >= 0.6 is 11.3 Å². The zero-order valence-electron chi connectivity index (χ0n) is 23.8. The third-order valence-electron chi connectivity index (χ3n) is 8.69. The molecule has 9 aromatic rings. The van der Waals surface area contributed by atoms with E-state index in [9.17, 15) is 0 Å². The van der Waals surface area contributed by atoms with E-state index in [2.05, 4.69) is 155 Å². The van der Waals surface area contributed by atoms with Gasteiger partial charge in [-0.2, -0.15) is 0 Å². The number of hydrogen-bond donors (Lipinski definition) is 0. The molecule has 0 radical (unpaired) electrons. The lowest BCUT2D eigenvalue weighted by Gasteiger charge is -2.25. The summed E-state index contributed by atoms with van der Waals surface area (Å²) in [5, 5.41) is 10.2. The molecule has 3 heteroatoms. The summed E-state index contributed by atoms with van der Waals surface area (Å²) in [5.41, 5.74) is 5.80. The van der Waals surface area contributed by atoms with Crippen molar-refractivity contribution >= 4 is 81.0 Å². The van der Waals surface area contributed by atoms with Crippen LogP contribution in [0.1, 0.15) is 0 Å². The molecule has 2 nitrogen and oxygen atoms in total. The fourth-order valence-corrected chi connectivity index (χ4v) is 7.65. The first-order chi connectivity index (χ1) is 21.8. The Bertz CT molecular complexity index is 2490. The summed E-state index contributed by atoms with van der Waals surface area (Å²) in [6, 6.07) is 55.0. The average Bonchev–Trinajstić information content (AvgIpc) is 3.46. The van der Waals surface area contributed by atoms with Crippen LogP contribution in [0.5, 0.6) is 0 Å². The Balaban J connectivity index is 1.16. The maximum Gasteiger partial charge on any atom is 0.124 e. The maximum atomic E-state index is 4.60. The van der Waals surface area contributed by atoms with Gasteiger partial charge in [0.25, 0.3) is 0 Å². The average molecular weight is 579 g/mol. The smallest absolute Gasteiger partial charge is 0.124 e. The Hall–Kier alpha value is -5.51. The predicted octanol–water partition coefficient (Wildman–Crippen LogP) is 12.0. The van der Waals surface area contributed by atoms with E-state index in [0.29, 0.717) is 0 Å². The van der Waals surface area contributed by atoms with E-state index in [-0.39, 0.29) is 0 Å². The Morgan fingerprint density at radius 1 is 0.432 bits per heavy atom. The quantitative estimate of drug-likeness (QED) is 0.193. The molecule has 0 saturated heterocycles. The minimum absolute atomic E-state index is 1.08. The molecule has 0 bridgehead atoms. The minimum Gasteiger partial charge on any atom is -0.310 e. The molecule has 0 aliphatic rings. The van der Waals surface area contributed by atoms with Crippen LogP contribution in [0.4, 0.5) is 17.1 Å². The molecular formula is C41H26N2S. The van der Waals surface area contributed by atoms with Crippen LogP contribution in [0.25, 0.3) is 63.7 Å². The second-order valence-electron chi connectivity index (χ2n) is 11.2. The van der Waals surface area contributed by atoms with Crippen molar-refractivity contribution in [1.29, 1.82) is 0 Å². The van der Waals surface area contributed by atoms with Crippen LogP contribution in [0, 0.1) is 0 Å².